The zero-order valence-corrected chi connectivity index (χ0v) is 19.8. The van der Waals surface area contributed by atoms with Crippen molar-refractivity contribution in [3.05, 3.63) is 81.7 Å². The fourth-order valence-corrected chi connectivity index (χ4v) is 4.51. The third-order valence-corrected chi connectivity index (χ3v) is 6.39. The number of hydrogen-bond acceptors (Lipinski definition) is 5. The first-order chi connectivity index (χ1) is 15.6. The zero-order valence-electron chi connectivity index (χ0n) is 19.0. The molecule has 2 aromatic heterocycles. The highest BCUT2D eigenvalue weighted by atomic mass is 32.1. The standard InChI is InChI=1S/C26H25N3O3S/c1-16-21(18-8-6-5-7-9-18)22-23(33-16)27-15-29(24(22)31)14-20(30)17-10-12-19(13-11-17)28-25(32)26(2,3)4/h5-13,15H,14H2,1-4H3,(H,28,32). The van der Waals surface area contributed by atoms with Crippen LogP contribution in [0.25, 0.3) is 21.3 Å². The maximum absolute atomic E-state index is 13.3. The van der Waals surface area contributed by atoms with Gasteiger partial charge in [-0.15, -0.1) is 11.3 Å². The molecule has 0 spiro atoms. The van der Waals surface area contributed by atoms with Crippen LogP contribution >= 0.6 is 11.3 Å². The molecule has 0 aliphatic carbocycles. The predicted molar refractivity (Wildman–Crippen MR) is 133 cm³/mol. The van der Waals surface area contributed by atoms with Crippen LogP contribution in [0, 0.1) is 12.3 Å². The summed E-state index contributed by atoms with van der Waals surface area (Å²) < 4.78 is 1.36. The van der Waals surface area contributed by atoms with Crippen molar-refractivity contribution in [3.8, 4) is 11.1 Å². The van der Waals surface area contributed by atoms with Crippen molar-refractivity contribution < 1.29 is 9.59 Å². The van der Waals surface area contributed by atoms with Crippen LogP contribution in [0.15, 0.2) is 65.7 Å². The van der Waals surface area contributed by atoms with Crippen molar-refractivity contribution in [3.63, 3.8) is 0 Å². The lowest BCUT2D eigenvalue weighted by Crippen LogP contribution is -2.27. The van der Waals surface area contributed by atoms with Gasteiger partial charge in [0, 0.05) is 27.1 Å². The van der Waals surface area contributed by atoms with E-state index in [1.54, 1.807) is 24.3 Å². The number of hydrogen-bond donors (Lipinski definition) is 1. The molecule has 4 rings (SSSR count). The molecular formula is C26H25N3O3S. The predicted octanol–water partition coefficient (Wildman–Crippen LogP) is 5.30. The van der Waals surface area contributed by atoms with Crippen LogP contribution in [-0.4, -0.2) is 21.2 Å². The summed E-state index contributed by atoms with van der Waals surface area (Å²) in [6.45, 7) is 7.37. The molecule has 7 heteroatoms. The zero-order chi connectivity index (χ0) is 23.8. The number of nitrogens with zero attached hydrogens (tertiary/aromatic N) is 2. The number of carbonyl (C=O) groups is 2. The van der Waals surface area contributed by atoms with E-state index in [2.05, 4.69) is 10.3 Å². The first-order valence-electron chi connectivity index (χ1n) is 10.6. The summed E-state index contributed by atoms with van der Waals surface area (Å²) in [7, 11) is 0. The van der Waals surface area contributed by atoms with Crippen molar-refractivity contribution in [1.82, 2.24) is 9.55 Å². The molecule has 6 nitrogen and oxygen atoms in total. The smallest absolute Gasteiger partial charge is 0.263 e. The Labute approximate surface area is 195 Å². The number of amides is 1. The Morgan fingerprint density at radius 3 is 2.33 bits per heavy atom. The van der Waals surface area contributed by atoms with E-state index in [1.807, 2.05) is 58.0 Å². The largest absolute Gasteiger partial charge is 0.326 e. The second kappa shape index (κ2) is 8.75. The Morgan fingerprint density at radius 1 is 1.03 bits per heavy atom. The van der Waals surface area contributed by atoms with Gasteiger partial charge in [0.25, 0.3) is 5.56 Å². The minimum atomic E-state index is -0.514. The summed E-state index contributed by atoms with van der Waals surface area (Å²) in [5.41, 5.74) is 2.16. The average molecular weight is 460 g/mol. The highest BCUT2D eigenvalue weighted by Gasteiger charge is 2.21. The van der Waals surface area contributed by atoms with Crippen LogP contribution in [-0.2, 0) is 11.3 Å². The van der Waals surface area contributed by atoms with E-state index in [0.29, 0.717) is 21.5 Å². The molecule has 0 bridgehead atoms. The lowest BCUT2D eigenvalue weighted by Gasteiger charge is -2.17. The minimum absolute atomic E-state index is 0.104. The van der Waals surface area contributed by atoms with Crippen LogP contribution in [0.2, 0.25) is 0 Å². The van der Waals surface area contributed by atoms with Gasteiger partial charge < -0.3 is 5.32 Å². The van der Waals surface area contributed by atoms with Gasteiger partial charge in [0.15, 0.2) is 5.78 Å². The molecule has 0 fully saturated rings. The van der Waals surface area contributed by atoms with Crippen LogP contribution in [0.3, 0.4) is 0 Å². The van der Waals surface area contributed by atoms with E-state index in [1.165, 1.54) is 22.2 Å². The van der Waals surface area contributed by atoms with Crippen LogP contribution in [0.5, 0.6) is 0 Å². The molecule has 0 aliphatic heterocycles. The maximum Gasteiger partial charge on any atom is 0.263 e. The lowest BCUT2D eigenvalue weighted by molar-refractivity contribution is -0.123. The Kier molecular flexibility index (Phi) is 5.99. The number of ketones is 1. The van der Waals surface area contributed by atoms with E-state index < -0.39 is 5.41 Å². The van der Waals surface area contributed by atoms with Crippen LogP contribution in [0.1, 0.15) is 36.0 Å². The molecule has 168 valence electrons. The Hall–Kier alpha value is -3.58. The highest BCUT2D eigenvalue weighted by molar-refractivity contribution is 7.19. The number of anilines is 1. The van der Waals surface area contributed by atoms with Gasteiger partial charge >= 0.3 is 0 Å². The number of aromatic nitrogens is 2. The molecule has 0 aliphatic rings. The SMILES string of the molecule is Cc1sc2ncn(CC(=O)c3ccc(NC(=O)C(C)(C)C)cc3)c(=O)c2c1-c1ccccc1. The first kappa shape index (κ1) is 22.6. The van der Waals surface area contributed by atoms with Crippen molar-refractivity contribution in [2.45, 2.75) is 34.2 Å². The molecule has 0 atom stereocenters. The molecular weight excluding hydrogens is 434 g/mol. The van der Waals surface area contributed by atoms with Crippen molar-refractivity contribution >= 4 is 38.9 Å². The van der Waals surface area contributed by atoms with Gasteiger partial charge in [-0.05, 0) is 36.8 Å². The molecule has 0 saturated carbocycles. The summed E-state index contributed by atoms with van der Waals surface area (Å²) in [6, 6.07) is 16.4. The van der Waals surface area contributed by atoms with Gasteiger partial charge in [0.05, 0.1) is 18.3 Å². The van der Waals surface area contributed by atoms with Crippen molar-refractivity contribution in [2.75, 3.05) is 5.32 Å². The fourth-order valence-electron chi connectivity index (χ4n) is 3.51. The summed E-state index contributed by atoms with van der Waals surface area (Å²) in [5, 5.41) is 3.38. The van der Waals surface area contributed by atoms with Crippen LogP contribution in [0.4, 0.5) is 5.69 Å². The maximum atomic E-state index is 13.3. The van der Waals surface area contributed by atoms with Gasteiger partial charge in [0.2, 0.25) is 5.91 Å². The quantitative estimate of drug-likeness (QED) is 0.411. The molecule has 1 amide bonds. The second-order valence-electron chi connectivity index (χ2n) is 8.96. The second-order valence-corrected chi connectivity index (χ2v) is 10.2. The summed E-state index contributed by atoms with van der Waals surface area (Å²) in [5.74, 6) is -0.312. The normalized spacial score (nSPS) is 11.5. The summed E-state index contributed by atoms with van der Waals surface area (Å²) in [4.78, 5) is 44.5. The van der Waals surface area contributed by atoms with E-state index >= 15 is 0 Å². The molecule has 0 saturated heterocycles. The number of benzene rings is 2. The number of fused-ring (bicyclic) bond motifs is 1. The molecule has 1 N–H and O–H groups in total. The van der Waals surface area contributed by atoms with E-state index in [0.717, 1.165) is 16.0 Å². The van der Waals surface area contributed by atoms with Gasteiger partial charge in [-0.1, -0.05) is 51.1 Å². The van der Waals surface area contributed by atoms with Crippen molar-refractivity contribution in [1.29, 1.82) is 0 Å². The third-order valence-electron chi connectivity index (χ3n) is 5.38. The van der Waals surface area contributed by atoms with Gasteiger partial charge in [-0.25, -0.2) is 4.98 Å². The number of aryl methyl sites for hydroxylation is 1. The van der Waals surface area contributed by atoms with Gasteiger partial charge in [0.1, 0.15) is 4.83 Å². The monoisotopic (exact) mass is 459 g/mol. The van der Waals surface area contributed by atoms with Crippen LogP contribution < -0.4 is 10.9 Å². The molecule has 0 unspecified atom stereocenters. The summed E-state index contributed by atoms with van der Waals surface area (Å²) >= 11 is 1.48. The molecule has 2 aromatic carbocycles. The molecule has 0 radical (unpaired) electrons. The number of rotatable bonds is 5. The number of thiophene rings is 1. The van der Waals surface area contributed by atoms with E-state index in [-0.39, 0.29) is 23.8 Å². The topological polar surface area (TPSA) is 81.1 Å². The van der Waals surface area contributed by atoms with Gasteiger partial charge in [-0.2, -0.15) is 0 Å². The van der Waals surface area contributed by atoms with Crippen molar-refractivity contribution in [2.24, 2.45) is 5.41 Å². The molecule has 2 heterocycles. The summed E-state index contributed by atoms with van der Waals surface area (Å²) in [6.07, 6.45) is 1.44. The Morgan fingerprint density at radius 2 is 1.70 bits per heavy atom. The Bertz CT molecular complexity index is 1400. The van der Waals surface area contributed by atoms with E-state index in [9.17, 15) is 14.4 Å². The molecule has 33 heavy (non-hydrogen) atoms. The first-order valence-corrected chi connectivity index (χ1v) is 11.5. The number of nitrogens with one attached hydrogen (secondary N) is 1. The minimum Gasteiger partial charge on any atom is -0.326 e. The average Bonchev–Trinajstić information content (AvgIpc) is 3.12. The fraction of sp³-hybridized carbons (Fsp3) is 0.231. The molecule has 4 aromatic rings. The highest BCUT2D eigenvalue weighted by Crippen LogP contribution is 2.35. The Balaban J connectivity index is 1.61. The number of carbonyl (C=O) groups excluding carboxylic acids is 2. The van der Waals surface area contributed by atoms with E-state index in [4.69, 9.17) is 0 Å². The lowest BCUT2D eigenvalue weighted by atomic mass is 9.95. The number of Topliss-reactive ketones (excluding diaryl/α,β-unsaturated/α-hetero) is 1. The van der Waals surface area contributed by atoms with Gasteiger partial charge in [-0.3, -0.25) is 19.0 Å². The third kappa shape index (κ3) is 4.64.